The van der Waals surface area contributed by atoms with Gasteiger partial charge >= 0.3 is 0 Å². The highest BCUT2D eigenvalue weighted by Gasteiger charge is 2.11. The molecule has 90 valence electrons. The number of methoxy groups -OCH3 is 1. The van der Waals surface area contributed by atoms with E-state index in [2.05, 4.69) is 5.32 Å². The second kappa shape index (κ2) is 8.64. The zero-order valence-corrected chi connectivity index (χ0v) is 9.95. The van der Waals surface area contributed by atoms with Gasteiger partial charge in [-0.25, -0.2) is 0 Å². The van der Waals surface area contributed by atoms with Crippen LogP contribution in [0.15, 0.2) is 0 Å². The molecule has 0 aliphatic rings. The Kier molecular flexibility index (Phi) is 8.27. The highest BCUT2D eigenvalue weighted by atomic mass is 16.5. The second-order valence-corrected chi connectivity index (χ2v) is 3.84. The first kappa shape index (κ1) is 14.3. The number of nitrogens with one attached hydrogen (secondary N) is 1. The van der Waals surface area contributed by atoms with Gasteiger partial charge in [-0.2, -0.15) is 0 Å². The molecule has 1 amide bonds. The number of carbonyl (C=O) groups is 1. The maximum atomic E-state index is 11.4. The Hall–Kier alpha value is -0.650. The second-order valence-electron chi connectivity index (χ2n) is 3.84. The SMILES string of the molecule is COCCCC(N)C(=O)NCCN(C)C. The standard InChI is InChI=1S/C10H23N3O2/c1-13(2)7-6-12-10(14)9(11)5-4-8-15-3/h9H,4-8,11H2,1-3H3,(H,12,14). The molecule has 0 saturated carbocycles. The number of amides is 1. The van der Waals surface area contributed by atoms with Gasteiger partial charge in [0.05, 0.1) is 6.04 Å². The van der Waals surface area contributed by atoms with Gasteiger partial charge in [0.15, 0.2) is 0 Å². The molecular formula is C10H23N3O2. The van der Waals surface area contributed by atoms with Crippen molar-refractivity contribution in [3.63, 3.8) is 0 Å². The molecule has 0 fully saturated rings. The zero-order chi connectivity index (χ0) is 11.7. The first-order valence-electron chi connectivity index (χ1n) is 5.25. The minimum atomic E-state index is -0.415. The molecular weight excluding hydrogens is 194 g/mol. The van der Waals surface area contributed by atoms with Crippen LogP contribution in [0.5, 0.6) is 0 Å². The molecule has 5 nitrogen and oxygen atoms in total. The summed E-state index contributed by atoms with van der Waals surface area (Å²) in [5.41, 5.74) is 5.69. The fourth-order valence-electron chi connectivity index (χ4n) is 1.11. The largest absolute Gasteiger partial charge is 0.385 e. The molecule has 0 heterocycles. The fraction of sp³-hybridized carbons (Fsp3) is 0.900. The molecule has 0 aliphatic heterocycles. The minimum absolute atomic E-state index is 0.0760. The lowest BCUT2D eigenvalue weighted by Crippen LogP contribution is -2.42. The lowest BCUT2D eigenvalue weighted by molar-refractivity contribution is -0.122. The molecule has 0 aliphatic carbocycles. The molecule has 1 unspecified atom stereocenters. The highest BCUT2D eigenvalue weighted by molar-refractivity contribution is 5.81. The summed E-state index contributed by atoms with van der Waals surface area (Å²) in [6.07, 6.45) is 1.49. The topological polar surface area (TPSA) is 67.6 Å². The van der Waals surface area contributed by atoms with E-state index < -0.39 is 6.04 Å². The van der Waals surface area contributed by atoms with Crippen LogP contribution in [0.2, 0.25) is 0 Å². The van der Waals surface area contributed by atoms with Gasteiger partial charge in [-0.15, -0.1) is 0 Å². The molecule has 3 N–H and O–H groups in total. The van der Waals surface area contributed by atoms with Crippen LogP contribution in [0, 0.1) is 0 Å². The molecule has 1 atom stereocenters. The van der Waals surface area contributed by atoms with Gasteiger partial charge in [-0.05, 0) is 26.9 Å². The van der Waals surface area contributed by atoms with Gasteiger partial charge in [-0.3, -0.25) is 4.79 Å². The van der Waals surface area contributed by atoms with Crippen LogP contribution in [0.25, 0.3) is 0 Å². The van der Waals surface area contributed by atoms with Crippen LogP contribution in [0.3, 0.4) is 0 Å². The molecule has 0 aromatic rings. The third-order valence-corrected chi connectivity index (χ3v) is 2.06. The molecule has 5 heteroatoms. The Balaban J connectivity index is 3.51. The number of rotatable bonds is 8. The van der Waals surface area contributed by atoms with Crippen LogP contribution in [0.4, 0.5) is 0 Å². The van der Waals surface area contributed by atoms with Gasteiger partial charge in [0, 0.05) is 26.8 Å². The predicted molar refractivity (Wildman–Crippen MR) is 60.6 cm³/mol. The average molecular weight is 217 g/mol. The lowest BCUT2D eigenvalue weighted by Gasteiger charge is -2.14. The summed E-state index contributed by atoms with van der Waals surface area (Å²) in [5, 5.41) is 2.79. The van der Waals surface area contributed by atoms with Gasteiger partial charge in [0.1, 0.15) is 0 Å². The summed E-state index contributed by atoms with van der Waals surface area (Å²) in [6, 6.07) is -0.415. The van der Waals surface area contributed by atoms with Crippen molar-refractivity contribution < 1.29 is 9.53 Å². The molecule has 0 rings (SSSR count). The first-order valence-corrected chi connectivity index (χ1v) is 5.25. The predicted octanol–water partition coefficient (Wildman–Crippen LogP) is -0.582. The van der Waals surface area contributed by atoms with Crippen molar-refractivity contribution in [1.29, 1.82) is 0 Å². The van der Waals surface area contributed by atoms with Crippen molar-refractivity contribution in [1.82, 2.24) is 10.2 Å². The Morgan fingerprint density at radius 3 is 2.73 bits per heavy atom. The van der Waals surface area contributed by atoms with Gasteiger partial charge in [0.2, 0.25) is 5.91 Å². The quantitative estimate of drug-likeness (QED) is 0.534. The first-order chi connectivity index (χ1) is 7.07. The number of nitrogens with zero attached hydrogens (tertiary/aromatic N) is 1. The van der Waals surface area contributed by atoms with E-state index in [9.17, 15) is 4.79 Å². The van der Waals surface area contributed by atoms with E-state index in [-0.39, 0.29) is 5.91 Å². The molecule has 15 heavy (non-hydrogen) atoms. The summed E-state index contributed by atoms with van der Waals surface area (Å²) in [6.45, 7) is 2.12. The molecule has 0 radical (unpaired) electrons. The van der Waals surface area contributed by atoms with Crippen molar-refractivity contribution in [3.8, 4) is 0 Å². The number of nitrogens with two attached hydrogens (primary N) is 1. The lowest BCUT2D eigenvalue weighted by atomic mass is 10.1. The van der Waals surface area contributed by atoms with Crippen LogP contribution >= 0.6 is 0 Å². The Morgan fingerprint density at radius 2 is 2.20 bits per heavy atom. The summed E-state index contributed by atoms with van der Waals surface area (Å²) < 4.78 is 4.89. The van der Waals surface area contributed by atoms with E-state index in [4.69, 9.17) is 10.5 Å². The summed E-state index contributed by atoms with van der Waals surface area (Å²) in [5.74, 6) is -0.0760. The van der Waals surface area contributed by atoms with Crippen molar-refractivity contribution in [2.75, 3.05) is 40.9 Å². The molecule has 0 aromatic carbocycles. The van der Waals surface area contributed by atoms with Gasteiger partial charge in [-0.1, -0.05) is 0 Å². The monoisotopic (exact) mass is 217 g/mol. The number of hydrogen-bond acceptors (Lipinski definition) is 4. The third kappa shape index (κ3) is 8.35. The zero-order valence-electron chi connectivity index (χ0n) is 9.95. The van der Waals surface area contributed by atoms with Crippen LogP contribution in [-0.2, 0) is 9.53 Å². The maximum absolute atomic E-state index is 11.4. The van der Waals surface area contributed by atoms with E-state index in [1.54, 1.807) is 7.11 Å². The fourth-order valence-corrected chi connectivity index (χ4v) is 1.11. The smallest absolute Gasteiger partial charge is 0.236 e. The Labute approximate surface area is 91.9 Å². The third-order valence-electron chi connectivity index (χ3n) is 2.06. The number of ether oxygens (including phenoxy) is 1. The van der Waals surface area contributed by atoms with Crippen LogP contribution < -0.4 is 11.1 Å². The van der Waals surface area contributed by atoms with Crippen LogP contribution in [-0.4, -0.2) is 57.8 Å². The van der Waals surface area contributed by atoms with Gasteiger partial charge < -0.3 is 20.7 Å². The van der Waals surface area contributed by atoms with E-state index >= 15 is 0 Å². The number of likely N-dealkylation sites (N-methyl/N-ethyl adjacent to an activating group) is 1. The van der Waals surface area contributed by atoms with E-state index in [0.717, 1.165) is 13.0 Å². The summed E-state index contributed by atoms with van der Waals surface area (Å²) in [7, 11) is 5.57. The van der Waals surface area contributed by atoms with Crippen molar-refractivity contribution in [3.05, 3.63) is 0 Å². The number of carbonyl (C=O) groups excluding carboxylic acids is 1. The van der Waals surface area contributed by atoms with Gasteiger partial charge in [0.25, 0.3) is 0 Å². The minimum Gasteiger partial charge on any atom is -0.385 e. The normalized spacial score (nSPS) is 12.9. The summed E-state index contributed by atoms with van der Waals surface area (Å²) in [4.78, 5) is 13.4. The van der Waals surface area contributed by atoms with Crippen molar-refractivity contribution in [2.45, 2.75) is 18.9 Å². The van der Waals surface area contributed by atoms with E-state index in [1.165, 1.54) is 0 Å². The Morgan fingerprint density at radius 1 is 1.53 bits per heavy atom. The molecule has 0 bridgehead atoms. The number of hydrogen-bond donors (Lipinski definition) is 2. The Bertz CT molecular complexity index is 174. The van der Waals surface area contributed by atoms with E-state index in [1.807, 2.05) is 19.0 Å². The highest BCUT2D eigenvalue weighted by Crippen LogP contribution is 1.94. The van der Waals surface area contributed by atoms with E-state index in [0.29, 0.717) is 19.6 Å². The van der Waals surface area contributed by atoms with Crippen LogP contribution in [0.1, 0.15) is 12.8 Å². The molecule has 0 saturated heterocycles. The summed E-state index contributed by atoms with van der Waals surface area (Å²) >= 11 is 0. The maximum Gasteiger partial charge on any atom is 0.236 e. The van der Waals surface area contributed by atoms with Crippen molar-refractivity contribution >= 4 is 5.91 Å². The molecule has 0 aromatic heterocycles. The molecule has 0 spiro atoms. The van der Waals surface area contributed by atoms with Crippen molar-refractivity contribution in [2.24, 2.45) is 5.73 Å². The average Bonchev–Trinajstić information content (AvgIpc) is 2.17.